The van der Waals surface area contributed by atoms with Gasteiger partial charge in [-0.25, -0.2) is 9.66 Å². The van der Waals surface area contributed by atoms with Crippen molar-refractivity contribution in [2.24, 2.45) is 0 Å². The first kappa shape index (κ1) is 14.2. The molecule has 1 aromatic heterocycles. The van der Waals surface area contributed by atoms with E-state index in [1.165, 1.54) is 0 Å². The Hall–Kier alpha value is -1.70. The van der Waals surface area contributed by atoms with E-state index in [9.17, 15) is 0 Å². The molecule has 0 atom stereocenters. The highest BCUT2D eigenvalue weighted by Crippen LogP contribution is 2.09. The van der Waals surface area contributed by atoms with Crippen molar-refractivity contribution in [2.75, 3.05) is 44.8 Å². The van der Waals surface area contributed by atoms with Crippen molar-refractivity contribution in [1.29, 1.82) is 0 Å². The maximum Gasteiger partial charge on any atom is 0.185 e. The van der Waals surface area contributed by atoms with Crippen LogP contribution in [0, 0.1) is 0 Å². The molecule has 2 heterocycles. The van der Waals surface area contributed by atoms with Gasteiger partial charge in [-0.1, -0.05) is 12.1 Å². The molecule has 0 aliphatic carbocycles. The topological polar surface area (TPSA) is 55.5 Å². The van der Waals surface area contributed by atoms with E-state index in [-0.39, 0.29) is 0 Å². The second kappa shape index (κ2) is 6.84. The highest BCUT2D eigenvalue weighted by Gasteiger charge is 2.13. The van der Waals surface area contributed by atoms with Gasteiger partial charge < -0.3 is 15.0 Å². The number of fused-ring (bicyclic) bond motifs is 1. The number of thiocarbonyl (C=S) groups is 1. The molecule has 1 fully saturated rings. The van der Waals surface area contributed by atoms with Gasteiger partial charge in [0.2, 0.25) is 0 Å². The number of hydrogen-bond acceptors (Lipinski definition) is 3. The molecule has 7 heteroatoms. The van der Waals surface area contributed by atoms with Crippen LogP contribution in [-0.4, -0.2) is 54.2 Å². The number of hydrogen-bond donors (Lipinski definition) is 3. The monoisotopic (exact) mass is 306 g/mol. The summed E-state index contributed by atoms with van der Waals surface area (Å²) in [7, 11) is 0. The molecule has 3 rings (SSSR count). The maximum atomic E-state index is 5.35. The molecule has 0 saturated carbocycles. The normalized spacial score (nSPS) is 16.0. The number of para-hydroxylation sites is 2. The predicted molar refractivity (Wildman–Crippen MR) is 86.1 cm³/mol. The van der Waals surface area contributed by atoms with Crippen LogP contribution in [0.3, 0.4) is 0 Å². The lowest BCUT2D eigenvalue weighted by molar-refractivity contribution is -0.906. The Balaban J connectivity index is 1.47. The fraction of sp³-hybridized carbons (Fsp3) is 0.429. The highest BCUT2D eigenvalue weighted by molar-refractivity contribution is 7.80. The van der Waals surface area contributed by atoms with Crippen LogP contribution < -0.4 is 15.6 Å². The molecule has 0 bridgehead atoms. The van der Waals surface area contributed by atoms with Crippen molar-refractivity contribution in [3.05, 3.63) is 30.6 Å². The van der Waals surface area contributed by atoms with Crippen LogP contribution in [0.15, 0.2) is 30.6 Å². The molecule has 0 amide bonds. The SMILES string of the molecule is S=C(NCC[NH+]1CCOCC1)Nn1cnc2ccccc21. The van der Waals surface area contributed by atoms with E-state index < -0.39 is 0 Å². The standard InChI is InChI=1S/C14H19N5OS/c21-14(15-5-6-18-7-9-20-10-8-18)17-19-11-16-12-3-1-2-4-13(12)19/h1-4,11H,5-10H2,(H2,15,17,21)/p+1. The van der Waals surface area contributed by atoms with Crippen LogP contribution in [0.2, 0.25) is 0 Å². The van der Waals surface area contributed by atoms with Gasteiger partial charge in [-0.15, -0.1) is 0 Å². The van der Waals surface area contributed by atoms with Crippen molar-refractivity contribution < 1.29 is 9.64 Å². The summed E-state index contributed by atoms with van der Waals surface area (Å²) in [6, 6.07) is 7.95. The minimum atomic E-state index is 0.616. The number of quaternary nitrogens is 1. The molecule has 2 aromatic rings. The zero-order valence-electron chi connectivity index (χ0n) is 11.8. The number of nitrogens with one attached hydrogen (secondary N) is 3. The van der Waals surface area contributed by atoms with Gasteiger partial charge in [0, 0.05) is 0 Å². The van der Waals surface area contributed by atoms with Crippen molar-refractivity contribution >= 4 is 28.4 Å². The zero-order chi connectivity index (χ0) is 14.5. The molecule has 1 aliphatic rings. The number of morpholine rings is 1. The Morgan fingerprint density at radius 1 is 1.33 bits per heavy atom. The van der Waals surface area contributed by atoms with E-state index >= 15 is 0 Å². The molecule has 1 aliphatic heterocycles. The van der Waals surface area contributed by atoms with Crippen LogP contribution in [-0.2, 0) is 4.74 Å². The summed E-state index contributed by atoms with van der Waals surface area (Å²) in [5.41, 5.74) is 5.11. The van der Waals surface area contributed by atoms with E-state index in [0.717, 1.165) is 50.4 Å². The van der Waals surface area contributed by atoms with Gasteiger partial charge in [-0.05, 0) is 24.4 Å². The molecular weight excluding hydrogens is 286 g/mol. The first-order valence-corrected chi connectivity index (χ1v) is 7.62. The number of benzene rings is 1. The van der Waals surface area contributed by atoms with Crippen LogP contribution in [0.4, 0.5) is 0 Å². The molecule has 6 nitrogen and oxygen atoms in total. The van der Waals surface area contributed by atoms with Gasteiger partial charge in [0.25, 0.3) is 0 Å². The van der Waals surface area contributed by atoms with Crippen LogP contribution in [0.5, 0.6) is 0 Å². The van der Waals surface area contributed by atoms with Crippen LogP contribution in [0.25, 0.3) is 11.0 Å². The van der Waals surface area contributed by atoms with Gasteiger partial charge in [-0.2, -0.15) is 0 Å². The summed E-state index contributed by atoms with van der Waals surface area (Å²) in [4.78, 5) is 5.88. The Labute approximate surface area is 129 Å². The predicted octanol–water partition coefficient (Wildman–Crippen LogP) is -0.631. The van der Waals surface area contributed by atoms with E-state index in [0.29, 0.717) is 5.11 Å². The first-order chi connectivity index (χ1) is 10.3. The Morgan fingerprint density at radius 3 is 3.00 bits per heavy atom. The average Bonchev–Trinajstić information content (AvgIpc) is 2.92. The summed E-state index contributed by atoms with van der Waals surface area (Å²) >= 11 is 5.33. The third-order valence-corrected chi connectivity index (χ3v) is 3.88. The van der Waals surface area contributed by atoms with Crippen LogP contribution in [0.1, 0.15) is 0 Å². The summed E-state index contributed by atoms with van der Waals surface area (Å²) in [5.74, 6) is 0. The molecule has 1 aromatic carbocycles. The lowest BCUT2D eigenvalue weighted by atomic mass is 10.3. The highest BCUT2D eigenvalue weighted by atomic mass is 32.1. The maximum absolute atomic E-state index is 5.35. The Bertz CT molecular complexity index is 608. The third kappa shape index (κ3) is 3.69. The van der Waals surface area contributed by atoms with Gasteiger partial charge in [0.05, 0.1) is 37.3 Å². The van der Waals surface area contributed by atoms with Gasteiger partial charge in [-0.3, -0.25) is 5.43 Å². The largest absolute Gasteiger partial charge is 0.370 e. The summed E-state index contributed by atoms with van der Waals surface area (Å²) in [5, 5.41) is 3.86. The lowest BCUT2D eigenvalue weighted by Gasteiger charge is -2.24. The van der Waals surface area contributed by atoms with Crippen molar-refractivity contribution in [3.8, 4) is 0 Å². The number of nitrogens with zero attached hydrogens (tertiary/aromatic N) is 2. The first-order valence-electron chi connectivity index (χ1n) is 7.21. The minimum Gasteiger partial charge on any atom is -0.370 e. The van der Waals surface area contributed by atoms with Gasteiger partial charge in [0.15, 0.2) is 5.11 Å². The molecule has 0 spiro atoms. The molecule has 0 unspecified atom stereocenters. The Morgan fingerprint density at radius 2 is 2.14 bits per heavy atom. The van der Waals surface area contributed by atoms with E-state index in [1.807, 2.05) is 28.9 Å². The summed E-state index contributed by atoms with van der Waals surface area (Å²) in [6.45, 7) is 5.78. The van der Waals surface area contributed by atoms with E-state index in [4.69, 9.17) is 17.0 Å². The van der Waals surface area contributed by atoms with Gasteiger partial charge in [0.1, 0.15) is 19.4 Å². The van der Waals surface area contributed by atoms with E-state index in [2.05, 4.69) is 15.7 Å². The molecular formula is C14H20N5OS+. The summed E-state index contributed by atoms with van der Waals surface area (Å²) < 4.78 is 7.19. The number of imidazole rings is 1. The molecule has 3 N–H and O–H groups in total. The smallest absolute Gasteiger partial charge is 0.185 e. The minimum absolute atomic E-state index is 0.616. The van der Waals surface area contributed by atoms with E-state index in [1.54, 1.807) is 11.2 Å². The van der Waals surface area contributed by atoms with Crippen LogP contribution >= 0.6 is 12.2 Å². The molecule has 21 heavy (non-hydrogen) atoms. The average molecular weight is 306 g/mol. The van der Waals surface area contributed by atoms with Crippen molar-refractivity contribution in [2.45, 2.75) is 0 Å². The second-order valence-electron chi connectivity index (χ2n) is 5.08. The second-order valence-corrected chi connectivity index (χ2v) is 5.49. The number of rotatable bonds is 4. The zero-order valence-corrected chi connectivity index (χ0v) is 12.7. The quantitative estimate of drug-likeness (QED) is 0.657. The van der Waals surface area contributed by atoms with Crippen molar-refractivity contribution in [3.63, 3.8) is 0 Å². The lowest BCUT2D eigenvalue weighted by Crippen LogP contribution is -3.14. The summed E-state index contributed by atoms with van der Waals surface area (Å²) in [6.07, 6.45) is 1.74. The number of aromatic nitrogens is 2. The fourth-order valence-electron chi connectivity index (χ4n) is 2.46. The van der Waals surface area contributed by atoms with Gasteiger partial charge >= 0.3 is 0 Å². The Kier molecular flexibility index (Phi) is 4.64. The third-order valence-electron chi connectivity index (χ3n) is 3.64. The number of ether oxygens (including phenoxy) is 1. The fourth-order valence-corrected chi connectivity index (χ4v) is 2.66. The molecule has 112 valence electrons. The molecule has 0 radical (unpaired) electrons. The van der Waals surface area contributed by atoms with Crippen molar-refractivity contribution in [1.82, 2.24) is 15.0 Å². The molecule has 1 saturated heterocycles.